The number of rotatable bonds is 4. The number of hydrogen-bond donors (Lipinski definition) is 1. The van der Waals surface area contributed by atoms with Crippen molar-refractivity contribution in [3.8, 4) is 11.6 Å². The molecule has 4 heteroatoms. The van der Waals surface area contributed by atoms with Crippen molar-refractivity contribution in [2.75, 3.05) is 0 Å². The van der Waals surface area contributed by atoms with Gasteiger partial charge in [-0.05, 0) is 73.2 Å². The van der Waals surface area contributed by atoms with E-state index >= 15 is 0 Å². The maximum Gasteiger partial charge on any atom is 0.219 e. The second kappa shape index (κ2) is 6.54. The first-order valence-corrected chi connectivity index (χ1v) is 7.64. The Morgan fingerprint density at radius 2 is 2.00 bits per heavy atom. The number of ether oxygens (including phenoxy) is 1. The first-order valence-electron chi connectivity index (χ1n) is 6.56. The van der Waals surface area contributed by atoms with E-state index in [0.29, 0.717) is 5.88 Å². The van der Waals surface area contributed by atoms with E-state index in [9.17, 15) is 0 Å². The summed E-state index contributed by atoms with van der Waals surface area (Å²) in [6, 6.07) is 11.9. The van der Waals surface area contributed by atoms with Gasteiger partial charge < -0.3 is 10.1 Å². The summed E-state index contributed by atoms with van der Waals surface area (Å²) in [4.78, 5) is 4.26. The quantitative estimate of drug-likeness (QED) is 0.798. The highest BCUT2D eigenvalue weighted by molar-refractivity contribution is 14.1. The molecule has 0 bridgehead atoms. The molecule has 0 saturated carbocycles. The van der Waals surface area contributed by atoms with Crippen LogP contribution in [0.15, 0.2) is 42.6 Å². The van der Waals surface area contributed by atoms with Crippen LogP contribution in [0.4, 0.5) is 0 Å². The average molecular weight is 382 g/mol. The van der Waals surface area contributed by atoms with Crippen LogP contribution in [0.3, 0.4) is 0 Å². The van der Waals surface area contributed by atoms with Gasteiger partial charge in [0.2, 0.25) is 5.88 Å². The summed E-state index contributed by atoms with van der Waals surface area (Å²) < 4.78 is 6.93. The molecule has 0 saturated heterocycles. The lowest BCUT2D eigenvalue weighted by atomic mass is 10.1. The molecule has 1 aromatic heterocycles. The van der Waals surface area contributed by atoms with E-state index in [1.807, 2.05) is 36.4 Å². The Labute approximate surface area is 133 Å². The van der Waals surface area contributed by atoms with E-state index in [0.717, 1.165) is 21.4 Å². The number of pyridine rings is 1. The lowest BCUT2D eigenvalue weighted by Crippen LogP contribution is -2.35. The molecule has 0 unspecified atom stereocenters. The van der Waals surface area contributed by atoms with Crippen molar-refractivity contribution < 1.29 is 4.74 Å². The van der Waals surface area contributed by atoms with Gasteiger partial charge in [0, 0.05) is 27.9 Å². The molecule has 0 aliphatic rings. The SMILES string of the molecule is CC(C)(C)NCc1ccnc(Oc2cccc(I)c2)c1. The number of benzene rings is 1. The lowest BCUT2D eigenvalue weighted by Gasteiger charge is -2.20. The Morgan fingerprint density at radius 3 is 2.70 bits per heavy atom. The smallest absolute Gasteiger partial charge is 0.219 e. The van der Waals surface area contributed by atoms with E-state index in [-0.39, 0.29) is 5.54 Å². The topological polar surface area (TPSA) is 34.2 Å². The van der Waals surface area contributed by atoms with Gasteiger partial charge in [0.05, 0.1) is 0 Å². The normalized spacial score (nSPS) is 11.4. The van der Waals surface area contributed by atoms with Crippen LogP contribution in [-0.2, 0) is 6.54 Å². The molecule has 0 atom stereocenters. The van der Waals surface area contributed by atoms with E-state index in [1.165, 1.54) is 0 Å². The first kappa shape index (κ1) is 15.3. The third-order valence-corrected chi connectivity index (χ3v) is 3.31. The highest BCUT2D eigenvalue weighted by Crippen LogP contribution is 2.21. The van der Waals surface area contributed by atoms with E-state index < -0.39 is 0 Å². The lowest BCUT2D eigenvalue weighted by molar-refractivity contribution is 0.422. The number of nitrogens with one attached hydrogen (secondary N) is 1. The summed E-state index contributed by atoms with van der Waals surface area (Å²) in [6.07, 6.45) is 1.78. The van der Waals surface area contributed by atoms with Crippen LogP contribution < -0.4 is 10.1 Å². The monoisotopic (exact) mass is 382 g/mol. The minimum atomic E-state index is 0.0971. The predicted octanol–water partition coefficient (Wildman–Crippen LogP) is 4.37. The largest absolute Gasteiger partial charge is 0.439 e. The van der Waals surface area contributed by atoms with Crippen molar-refractivity contribution in [1.82, 2.24) is 10.3 Å². The van der Waals surface area contributed by atoms with Crippen molar-refractivity contribution in [3.05, 3.63) is 51.7 Å². The molecule has 2 aromatic rings. The van der Waals surface area contributed by atoms with Crippen LogP contribution in [0.25, 0.3) is 0 Å². The van der Waals surface area contributed by atoms with Gasteiger partial charge in [0.15, 0.2) is 0 Å². The maximum absolute atomic E-state index is 5.79. The summed E-state index contributed by atoms with van der Waals surface area (Å²) in [5.74, 6) is 1.44. The Hall–Kier alpha value is -1.14. The van der Waals surface area contributed by atoms with Gasteiger partial charge in [-0.15, -0.1) is 0 Å². The zero-order chi connectivity index (χ0) is 14.6. The van der Waals surface area contributed by atoms with Crippen molar-refractivity contribution >= 4 is 22.6 Å². The third kappa shape index (κ3) is 5.09. The molecule has 20 heavy (non-hydrogen) atoms. The van der Waals surface area contributed by atoms with Crippen LogP contribution in [-0.4, -0.2) is 10.5 Å². The van der Waals surface area contributed by atoms with Crippen LogP contribution in [0.5, 0.6) is 11.6 Å². The standard InChI is InChI=1S/C16H19IN2O/c1-16(2,3)19-11-12-7-8-18-15(9-12)20-14-6-4-5-13(17)10-14/h4-10,19H,11H2,1-3H3. The zero-order valence-electron chi connectivity index (χ0n) is 12.0. The van der Waals surface area contributed by atoms with Crippen molar-refractivity contribution in [2.45, 2.75) is 32.9 Å². The molecule has 0 radical (unpaired) electrons. The Balaban J connectivity index is 2.06. The molecule has 3 nitrogen and oxygen atoms in total. The fourth-order valence-corrected chi connectivity index (χ4v) is 2.15. The van der Waals surface area contributed by atoms with Crippen molar-refractivity contribution in [3.63, 3.8) is 0 Å². The molecule has 2 rings (SSSR count). The molecule has 1 aromatic carbocycles. The van der Waals surface area contributed by atoms with Crippen LogP contribution >= 0.6 is 22.6 Å². The second-order valence-electron chi connectivity index (χ2n) is 5.67. The number of aromatic nitrogens is 1. The van der Waals surface area contributed by atoms with Crippen LogP contribution in [0.1, 0.15) is 26.3 Å². The van der Waals surface area contributed by atoms with Gasteiger partial charge in [0.25, 0.3) is 0 Å². The van der Waals surface area contributed by atoms with Gasteiger partial charge >= 0.3 is 0 Å². The molecule has 0 fully saturated rings. The van der Waals surface area contributed by atoms with E-state index in [2.05, 4.69) is 53.7 Å². The van der Waals surface area contributed by atoms with Crippen LogP contribution in [0, 0.1) is 3.57 Å². The van der Waals surface area contributed by atoms with Gasteiger partial charge in [-0.3, -0.25) is 0 Å². The predicted molar refractivity (Wildman–Crippen MR) is 90.1 cm³/mol. The van der Waals surface area contributed by atoms with Gasteiger partial charge in [0.1, 0.15) is 5.75 Å². The molecule has 1 heterocycles. The van der Waals surface area contributed by atoms with E-state index in [4.69, 9.17) is 4.74 Å². The Morgan fingerprint density at radius 1 is 1.20 bits per heavy atom. The second-order valence-corrected chi connectivity index (χ2v) is 6.91. The Bertz CT molecular complexity index is 579. The fraction of sp³-hybridized carbons (Fsp3) is 0.312. The highest BCUT2D eigenvalue weighted by Gasteiger charge is 2.09. The number of hydrogen-bond acceptors (Lipinski definition) is 3. The maximum atomic E-state index is 5.79. The third-order valence-electron chi connectivity index (χ3n) is 2.64. The van der Waals surface area contributed by atoms with Crippen molar-refractivity contribution in [2.24, 2.45) is 0 Å². The van der Waals surface area contributed by atoms with Crippen LogP contribution in [0.2, 0.25) is 0 Å². The summed E-state index contributed by atoms with van der Waals surface area (Å²) in [5, 5.41) is 3.45. The molecule has 0 aliphatic heterocycles. The summed E-state index contributed by atoms with van der Waals surface area (Å²) in [7, 11) is 0. The molecule has 0 spiro atoms. The van der Waals surface area contributed by atoms with Gasteiger partial charge in [-0.2, -0.15) is 0 Å². The average Bonchev–Trinajstić information content (AvgIpc) is 2.36. The van der Waals surface area contributed by atoms with Crippen molar-refractivity contribution in [1.29, 1.82) is 0 Å². The molecule has 0 amide bonds. The molecule has 1 N–H and O–H groups in total. The van der Waals surface area contributed by atoms with E-state index in [1.54, 1.807) is 6.20 Å². The molecule has 106 valence electrons. The Kier molecular flexibility index (Phi) is 4.99. The van der Waals surface area contributed by atoms with Gasteiger partial charge in [-0.25, -0.2) is 4.98 Å². The number of halogens is 1. The molecular weight excluding hydrogens is 363 g/mol. The number of nitrogens with zero attached hydrogens (tertiary/aromatic N) is 1. The summed E-state index contributed by atoms with van der Waals surface area (Å²) in [5.41, 5.74) is 1.26. The summed E-state index contributed by atoms with van der Waals surface area (Å²) in [6.45, 7) is 7.25. The minimum Gasteiger partial charge on any atom is -0.439 e. The zero-order valence-corrected chi connectivity index (χ0v) is 14.1. The molecule has 0 aliphatic carbocycles. The minimum absolute atomic E-state index is 0.0971. The molecular formula is C16H19IN2O. The first-order chi connectivity index (χ1) is 9.42. The fourth-order valence-electron chi connectivity index (χ4n) is 1.63. The summed E-state index contributed by atoms with van der Waals surface area (Å²) >= 11 is 2.27. The highest BCUT2D eigenvalue weighted by atomic mass is 127. The van der Waals surface area contributed by atoms with Gasteiger partial charge in [-0.1, -0.05) is 6.07 Å².